The van der Waals surface area contributed by atoms with E-state index in [1.807, 2.05) is 60.7 Å². The Hall–Kier alpha value is -3.25. The fourth-order valence-corrected chi connectivity index (χ4v) is 3.44. The first-order valence-corrected chi connectivity index (χ1v) is 9.26. The molecular weight excluding hydrogens is 354 g/mol. The molecule has 0 aliphatic carbocycles. The molecule has 3 aromatic rings. The maximum Gasteiger partial charge on any atom is 0.280 e. The topological polar surface area (TPSA) is 64.4 Å². The summed E-state index contributed by atoms with van der Waals surface area (Å²) in [5, 5.41) is 4.52. The minimum Gasteiger partial charge on any atom is -0.378 e. The Kier molecular flexibility index (Phi) is 5.04. The van der Waals surface area contributed by atoms with E-state index in [2.05, 4.69) is 5.10 Å². The van der Waals surface area contributed by atoms with Crippen LogP contribution in [0.3, 0.4) is 0 Å². The van der Waals surface area contributed by atoms with Crippen LogP contribution >= 0.6 is 0 Å². The number of rotatable bonds is 3. The van der Waals surface area contributed by atoms with Gasteiger partial charge in [0.05, 0.1) is 18.9 Å². The minimum atomic E-state index is -0.393. The van der Waals surface area contributed by atoms with E-state index in [1.165, 1.54) is 4.68 Å². The van der Waals surface area contributed by atoms with E-state index in [1.54, 1.807) is 11.9 Å². The molecule has 1 aliphatic rings. The number of carbonyl (C=O) groups is 1. The second kappa shape index (κ2) is 7.78. The summed E-state index contributed by atoms with van der Waals surface area (Å²) in [6.45, 7) is 1.89. The van der Waals surface area contributed by atoms with Gasteiger partial charge in [-0.25, -0.2) is 4.68 Å². The molecule has 1 amide bonds. The van der Waals surface area contributed by atoms with Crippen LogP contribution in [0.25, 0.3) is 22.4 Å². The fraction of sp³-hybridized carbons (Fsp3) is 0.227. The molecule has 1 aromatic heterocycles. The molecule has 2 aromatic carbocycles. The monoisotopic (exact) mass is 375 g/mol. The summed E-state index contributed by atoms with van der Waals surface area (Å²) in [5.41, 5.74) is 2.60. The van der Waals surface area contributed by atoms with Crippen LogP contribution in [-0.2, 0) is 11.8 Å². The van der Waals surface area contributed by atoms with Crippen LogP contribution in [0.1, 0.15) is 10.4 Å². The molecule has 0 unspecified atom stereocenters. The minimum absolute atomic E-state index is 0.157. The molecule has 4 rings (SSSR count). The van der Waals surface area contributed by atoms with Gasteiger partial charge in [-0.05, 0) is 5.56 Å². The predicted molar refractivity (Wildman–Crippen MR) is 107 cm³/mol. The highest BCUT2D eigenvalue weighted by atomic mass is 16.5. The SMILES string of the molecule is Cn1nc(-c2ccccc2)c(-c2ccccc2)c(C(=O)N2CCOCC2)c1=O. The van der Waals surface area contributed by atoms with Crippen LogP contribution in [0, 0.1) is 0 Å². The van der Waals surface area contributed by atoms with E-state index in [0.717, 1.165) is 11.1 Å². The van der Waals surface area contributed by atoms with Gasteiger partial charge in [0.1, 0.15) is 5.56 Å². The lowest BCUT2D eigenvalue weighted by molar-refractivity contribution is 0.0301. The highest BCUT2D eigenvalue weighted by molar-refractivity contribution is 6.03. The summed E-state index contributed by atoms with van der Waals surface area (Å²) < 4.78 is 6.61. The van der Waals surface area contributed by atoms with Gasteiger partial charge in [-0.1, -0.05) is 60.7 Å². The van der Waals surface area contributed by atoms with E-state index in [9.17, 15) is 9.59 Å². The van der Waals surface area contributed by atoms with Gasteiger partial charge in [0.15, 0.2) is 0 Å². The van der Waals surface area contributed by atoms with Crippen molar-refractivity contribution in [3.8, 4) is 22.4 Å². The molecular formula is C22H21N3O3. The summed E-state index contributed by atoms with van der Waals surface area (Å²) in [5.74, 6) is -0.276. The maximum atomic E-state index is 13.4. The number of carbonyl (C=O) groups excluding carboxylic acids is 1. The number of amides is 1. The van der Waals surface area contributed by atoms with Crippen LogP contribution in [0.4, 0.5) is 0 Å². The van der Waals surface area contributed by atoms with Crippen molar-refractivity contribution < 1.29 is 9.53 Å². The molecule has 0 saturated carbocycles. The first kappa shape index (κ1) is 18.1. The number of ether oxygens (including phenoxy) is 1. The third-order valence-electron chi connectivity index (χ3n) is 4.87. The van der Waals surface area contributed by atoms with Gasteiger partial charge in [0.25, 0.3) is 11.5 Å². The molecule has 28 heavy (non-hydrogen) atoms. The Bertz CT molecular complexity index is 1040. The van der Waals surface area contributed by atoms with E-state index < -0.39 is 5.56 Å². The van der Waals surface area contributed by atoms with Gasteiger partial charge < -0.3 is 9.64 Å². The number of aromatic nitrogens is 2. The van der Waals surface area contributed by atoms with Crippen molar-refractivity contribution in [2.24, 2.45) is 7.05 Å². The van der Waals surface area contributed by atoms with E-state index in [-0.39, 0.29) is 11.5 Å². The number of hydrogen-bond donors (Lipinski definition) is 0. The van der Waals surface area contributed by atoms with E-state index in [0.29, 0.717) is 37.6 Å². The van der Waals surface area contributed by atoms with Crippen LogP contribution in [-0.4, -0.2) is 46.9 Å². The van der Waals surface area contributed by atoms with Crippen LogP contribution in [0.5, 0.6) is 0 Å². The number of aryl methyl sites for hydroxylation is 1. The van der Waals surface area contributed by atoms with Gasteiger partial charge in [0.2, 0.25) is 0 Å². The second-order valence-electron chi connectivity index (χ2n) is 6.66. The average Bonchev–Trinajstić information content (AvgIpc) is 2.76. The zero-order valence-corrected chi connectivity index (χ0v) is 15.7. The van der Waals surface area contributed by atoms with E-state index in [4.69, 9.17) is 4.74 Å². The Labute approximate surface area is 163 Å². The standard InChI is InChI=1S/C22H21N3O3/c1-24-21(26)19(22(27)25-12-14-28-15-13-25)18(16-8-4-2-5-9-16)20(23-24)17-10-6-3-7-11-17/h2-11H,12-15H2,1H3. The van der Waals surface area contributed by atoms with Crippen LogP contribution in [0.2, 0.25) is 0 Å². The van der Waals surface area contributed by atoms with Crippen molar-refractivity contribution in [3.05, 3.63) is 76.6 Å². The number of hydrogen-bond acceptors (Lipinski definition) is 4. The summed E-state index contributed by atoms with van der Waals surface area (Å²) in [4.78, 5) is 28.1. The predicted octanol–water partition coefficient (Wildman–Crippen LogP) is 2.59. The molecule has 1 fully saturated rings. The first-order chi connectivity index (χ1) is 13.7. The van der Waals surface area contributed by atoms with Crippen LogP contribution < -0.4 is 5.56 Å². The zero-order valence-electron chi connectivity index (χ0n) is 15.7. The summed E-state index contributed by atoms with van der Waals surface area (Å²) in [6.07, 6.45) is 0. The lowest BCUT2D eigenvalue weighted by Gasteiger charge is -2.28. The van der Waals surface area contributed by atoms with Gasteiger partial charge in [-0.2, -0.15) is 5.10 Å². The lowest BCUT2D eigenvalue weighted by Crippen LogP contribution is -2.43. The molecule has 2 heterocycles. The Balaban J connectivity index is 1.99. The van der Waals surface area contributed by atoms with Crippen molar-refractivity contribution >= 4 is 5.91 Å². The molecule has 0 spiro atoms. The highest BCUT2D eigenvalue weighted by Gasteiger charge is 2.28. The third kappa shape index (κ3) is 3.34. The largest absolute Gasteiger partial charge is 0.378 e. The van der Waals surface area contributed by atoms with Crippen molar-refractivity contribution in [3.63, 3.8) is 0 Å². The molecule has 0 bridgehead atoms. The normalized spacial score (nSPS) is 14.1. The maximum absolute atomic E-state index is 13.4. The van der Waals surface area contributed by atoms with E-state index >= 15 is 0 Å². The van der Waals surface area contributed by atoms with Crippen molar-refractivity contribution in [1.82, 2.24) is 14.7 Å². The quantitative estimate of drug-likeness (QED) is 0.706. The number of benzene rings is 2. The van der Waals surface area contributed by atoms with Gasteiger partial charge in [0, 0.05) is 31.3 Å². The highest BCUT2D eigenvalue weighted by Crippen LogP contribution is 2.32. The molecule has 0 atom stereocenters. The molecule has 1 saturated heterocycles. The summed E-state index contributed by atoms with van der Waals surface area (Å²) >= 11 is 0. The second-order valence-corrected chi connectivity index (χ2v) is 6.66. The Morgan fingerprint density at radius 1 is 0.929 bits per heavy atom. The van der Waals surface area contributed by atoms with Gasteiger partial charge >= 0.3 is 0 Å². The Morgan fingerprint density at radius 3 is 2.11 bits per heavy atom. The zero-order chi connectivity index (χ0) is 19.5. The van der Waals surface area contributed by atoms with Crippen molar-refractivity contribution in [1.29, 1.82) is 0 Å². The van der Waals surface area contributed by atoms with Crippen molar-refractivity contribution in [2.45, 2.75) is 0 Å². The number of morpholine rings is 1. The number of nitrogens with zero attached hydrogens (tertiary/aromatic N) is 3. The summed E-state index contributed by atoms with van der Waals surface area (Å²) in [7, 11) is 1.58. The molecule has 6 nitrogen and oxygen atoms in total. The van der Waals surface area contributed by atoms with Crippen LogP contribution in [0.15, 0.2) is 65.5 Å². The lowest BCUT2D eigenvalue weighted by atomic mass is 9.95. The van der Waals surface area contributed by atoms with Gasteiger partial charge in [-0.15, -0.1) is 0 Å². The molecule has 6 heteroatoms. The molecule has 1 aliphatic heterocycles. The first-order valence-electron chi connectivity index (χ1n) is 9.26. The Morgan fingerprint density at radius 2 is 1.50 bits per heavy atom. The van der Waals surface area contributed by atoms with Gasteiger partial charge in [-0.3, -0.25) is 9.59 Å². The van der Waals surface area contributed by atoms with Crippen molar-refractivity contribution in [2.75, 3.05) is 26.3 Å². The summed E-state index contributed by atoms with van der Waals surface area (Å²) in [6, 6.07) is 19.1. The molecule has 0 N–H and O–H groups in total. The molecule has 0 radical (unpaired) electrons. The average molecular weight is 375 g/mol. The molecule has 142 valence electrons. The fourth-order valence-electron chi connectivity index (χ4n) is 3.44. The smallest absolute Gasteiger partial charge is 0.280 e. The third-order valence-corrected chi connectivity index (χ3v) is 4.87.